The van der Waals surface area contributed by atoms with Crippen molar-refractivity contribution in [1.29, 1.82) is 0 Å². The van der Waals surface area contributed by atoms with E-state index in [-0.39, 0.29) is 11.9 Å². The minimum atomic E-state index is -0.0872. The number of methoxy groups -OCH3 is 1. The van der Waals surface area contributed by atoms with Gasteiger partial charge in [-0.25, -0.2) is 4.98 Å². The lowest BCUT2D eigenvalue weighted by Crippen LogP contribution is -2.23. The van der Waals surface area contributed by atoms with Crippen LogP contribution in [0.25, 0.3) is 0 Å². The van der Waals surface area contributed by atoms with Gasteiger partial charge in [-0.15, -0.1) is 11.3 Å². The molecule has 1 aliphatic rings. The summed E-state index contributed by atoms with van der Waals surface area (Å²) in [6, 6.07) is 0. The molecule has 15 heavy (non-hydrogen) atoms. The molecule has 0 aromatic carbocycles. The monoisotopic (exact) mass is 226 g/mol. The number of nitrogens with zero attached hydrogens (tertiary/aromatic N) is 2. The minimum absolute atomic E-state index is 0.0497. The molecular weight excluding hydrogens is 212 g/mol. The van der Waals surface area contributed by atoms with Crippen LogP contribution in [0.1, 0.15) is 12.1 Å². The number of carbonyl (C=O) groups is 1. The molecule has 0 amide bonds. The lowest BCUT2D eigenvalue weighted by Gasteiger charge is -2.13. The molecule has 2 rings (SSSR count). The van der Waals surface area contributed by atoms with Gasteiger partial charge in [-0.1, -0.05) is 0 Å². The highest BCUT2D eigenvalue weighted by molar-refractivity contribution is 7.07. The highest BCUT2D eigenvalue weighted by Crippen LogP contribution is 2.19. The predicted octanol–water partition coefficient (Wildman–Crippen LogP) is 1.14. The van der Waals surface area contributed by atoms with Gasteiger partial charge in [0.05, 0.1) is 24.2 Å². The number of thiazole rings is 1. The van der Waals surface area contributed by atoms with Crippen molar-refractivity contribution in [3.05, 3.63) is 16.6 Å². The van der Waals surface area contributed by atoms with Crippen molar-refractivity contribution in [2.75, 3.05) is 20.2 Å². The van der Waals surface area contributed by atoms with Crippen molar-refractivity contribution in [1.82, 2.24) is 9.88 Å². The Morgan fingerprint density at radius 1 is 1.80 bits per heavy atom. The molecule has 82 valence electrons. The smallest absolute Gasteiger partial charge is 0.310 e. The van der Waals surface area contributed by atoms with E-state index in [0.29, 0.717) is 0 Å². The van der Waals surface area contributed by atoms with Gasteiger partial charge in [0.15, 0.2) is 0 Å². The molecule has 0 radical (unpaired) electrons. The second-order valence-electron chi connectivity index (χ2n) is 3.72. The van der Waals surface area contributed by atoms with E-state index in [1.54, 1.807) is 11.3 Å². The van der Waals surface area contributed by atoms with Crippen LogP contribution in [0, 0.1) is 5.92 Å². The maximum absolute atomic E-state index is 11.3. The molecule has 1 aromatic rings. The molecule has 5 heteroatoms. The number of hydrogen-bond acceptors (Lipinski definition) is 5. The summed E-state index contributed by atoms with van der Waals surface area (Å²) in [7, 11) is 1.45. The van der Waals surface area contributed by atoms with E-state index < -0.39 is 0 Å². The summed E-state index contributed by atoms with van der Waals surface area (Å²) in [5.74, 6) is -0.0376. The predicted molar refractivity (Wildman–Crippen MR) is 57.5 cm³/mol. The molecule has 2 heterocycles. The van der Waals surface area contributed by atoms with Gasteiger partial charge in [0.25, 0.3) is 0 Å². The van der Waals surface area contributed by atoms with Gasteiger partial charge in [-0.2, -0.15) is 0 Å². The normalized spacial score (nSPS) is 21.8. The Balaban J connectivity index is 1.85. The first-order valence-corrected chi connectivity index (χ1v) is 5.91. The maximum atomic E-state index is 11.3. The van der Waals surface area contributed by atoms with Crippen molar-refractivity contribution < 1.29 is 9.53 Å². The van der Waals surface area contributed by atoms with E-state index in [1.807, 2.05) is 10.9 Å². The van der Waals surface area contributed by atoms with Crippen LogP contribution in [0.2, 0.25) is 0 Å². The molecule has 1 aliphatic heterocycles. The number of hydrogen-bond donors (Lipinski definition) is 0. The fourth-order valence-corrected chi connectivity index (χ4v) is 2.43. The summed E-state index contributed by atoms with van der Waals surface area (Å²) >= 11 is 1.61. The Hall–Kier alpha value is -0.940. The quantitative estimate of drug-likeness (QED) is 0.725. The van der Waals surface area contributed by atoms with E-state index in [2.05, 4.69) is 9.88 Å². The molecule has 1 saturated heterocycles. The van der Waals surface area contributed by atoms with Crippen molar-refractivity contribution in [2.45, 2.75) is 13.0 Å². The molecule has 0 spiro atoms. The Labute approximate surface area is 92.9 Å². The third-order valence-corrected chi connectivity index (χ3v) is 3.31. The van der Waals surface area contributed by atoms with Crippen molar-refractivity contribution in [3.63, 3.8) is 0 Å². The summed E-state index contributed by atoms with van der Waals surface area (Å²) in [5.41, 5.74) is 2.92. The van der Waals surface area contributed by atoms with E-state index >= 15 is 0 Å². The maximum Gasteiger partial charge on any atom is 0.310 e. The third-order valence-electron chi connectivity index (χ3n) is 2.68. The fourth-order valence-electron chi connectivity index (χ4n) is 1.88. The number of carbonyl (C=O) groups excluding carboxylic acids is 1. The zero-order chi connectivity index (χ0) is 10.7. The van der Waals surface area contributed by atoms with Gasteiger partial charge in [0, 0.05) is 18.5 Å². The topological polar surface area (TPSA) is 42.4 Å². The highest BCUT2D eigenvalue weighted by atomic mass is 32.1. The zero-order valence-corrected chi connectivity index (χ0v) is 9.50. The second-order valence-corrected chi connectivity index (χ2v) is 4.44. The van der Waals surface area contributed by atoms with Crippen molar-refractivity contribution >= 4 is 17.3 Å². The number of aromatic nitrogens is 1. The standard InChI is InChI=1S/C10H14N2O2S/c1-14-10(13)8-2-3-12(4-8)5-9-6-15-7-11-9/h6-8H,2-5H2,1H3. The number of ether oxygens (including phenoxy) is 1. The molecule has 0 bridgehead atoms. The Bertz CT molecular complexity index is 326. The molecule has 1 atom stereocenters. The molecular formula is C10H14N2O2S. The number of rotatable bonds is 3. The molecule has 0 N–H and O–H groups in total. The van der Waals surface area contributed by atoms with Gasteiger partial charge < -0.3 is 4.74 Å². The van der Waals surface area contributed by atoms with Crippen LogP contribution in [0.15, 0.2) is 10.9 Å². The molecule has 0 aliphatic carbocycles. The van der Waals surface area contributed by atoms with Crippen molar-refractivity contribution in [3.8, 4) is 0 Å². The van der Waals surface area contributed by atoms with Crippen LogP contribution in [-0.2, 0) is 16.1 Å². The van der Waals surface area contributed by atoms with Crippen LogP contribution in [0.4, 0.5) is 0 Å². The SMILES string of the molecule is COC(=O)C1CCN(Cc2cscn2)C1. The summed E-state index contributed by atoms with van der Waals surface area (Å²) in [6.45, 7) is 2.60. The minimum Gasteiger partial charge on any atom is -0.469 e. The Morgan fingerprint density at radius 3 is 3.33 bits per heavy atom. The summed E-state index contributed by atoms with van der Waals surface area (Å²) in [5, 5.41) is 2.05. The highest BCUT2D eigenvalue weighted by Gasteiger charge is 2.28. The number of esters is 1. The van der Waals surface area contributed by atoms with Gasteiger partial charge in [0.2, 0.25) is 0 Å². The fraction of sp³-hybridized carbons (Fsp3) is 0.600. The van der Waals surface area contributed by atoms with Crippen LogP contribution in [-0.4, -0.2) is 36.1 Å². The molecule has 1 aromatic heterocycles. The van der Waals surface area contributed by atoms with Gasteiger partial charge >= 0.3 is 5.97 Å². The van der Waals surface area contributed by atoms with Crippen LogP contribution >= 0.6 is 11.3 Å². The molecule has 1 unspecified atom stereocenters. The number of likely N-dealkylation sites (tertiary alicyclic amines) is 1. The average Bonchev–Trinajstić information content (AvgIpc) is 2.88. The third kappa shape index (κ3) is 2.54. The molecule has 4 nitrogen and oxygen atoms in total. The average molecular weight is 226 g/mol. The molecule has 1 fully saturated rings. The van der Waals surface area contributed by atoms with Gasteiger partial charge in [-0.3, -0.25) is 9.69 Å². The first-order valence-electron chi connectivity index (χ1n) is 4.97. The van der Waals surface area contributed by atoms with Gasteiger partial charge in [0.1, 0.15) is 0 Å². The lowest BCUT2D eigenvalue weighted by molar-refractivity contribution is -0.144. The Morgan fingerprint density at radius 2 is 2.67 bits per heavy atom. The summed E-state index contributed by atoms with van der Waals surface area (Å²) in [4.78, 5) is 17.8. The first-order chi connectivity index (χ1) is 7.29. The first kappa shape index (κ1) is 10.6. The van der Waals surface area contributed by atoms with Crippen LogP contribution in [0.3, 0.4) is 0 Å². The lowest BCUT2D eigenvalue weighted by atomic mass is 10.1. The van der Waals surface area contributed by atoms with E-state index in [1.165, 1.54) is 7.11 Å². The van der Waals surface area contributed by atoms with Crippen molar-refractivity contribution in [2.24, 2.45) is 5.92 Å². The van der Waals surface area contributed by atoms with E-state index in [0.717, 1.165) is 31.7 Å². The summed E-state index contributed by atoms with van der Waals surface area (Å²) < 4.78 is 4.74. The van der Waals surface area contributed by atoms with E-state index in [9.17, 15) is 4.79 Å². The largest absolute Gasteiger partial charge is 0.469 e. The van der Waals surface area contributed by atoms with Crippen LogP contribution < -0.4 is 0 Å². The zero-order valence-electron chi connectivity index (χ0n) is 8.68. The second kappa shape index (κ2) is 4.72. The molecule has 0 saturated carbocycles. The summed E-state index contributed by atoms with van der Waals surface area (Å²) in [6.07, 6.45) is 0.900. The van der Waals surface area contributed by atoms with Gasteiger partial charge in [-0.05, 0) is 13.0 Å². The van der Waals surface area contributed by atoms with Crippen LogP contribution in [0.5, 0.6) is 0 Å². The Kier molecular flexibility index (Phi) is 3.33. The van der Waals surface area contributed by atoms with E-state index in [4.69, 9.17) is 4.74 Å².